The first-order valence-electron chi connectivity index (χ1n) is 8.83. The number of carbonyl (C=O) groups is 1. The van der Waals surface area contributed by atoms with Crippen molar-refractivity contribution in [3.63, 3.8) is 0 Å². The van der Waals surface area contributed by atoms with Crippen molar-refractivity contribution < 1.29 is 15.0 Å². The zero-order chi connectivity index (χ0) is 21.8. The number of hydrazone groups is 1. The van der Waals surface area contributed by atoms with Gasteiger partial charge in [-0.05, 0) is 42.8 Å². The molecule has 4 N–H and O–H groups in total. The molecule has 0 fully saturated rings. The number of amides is 1. The summed E-state index contributed by atoms with van der Waals surface area (Å²) in [4.78, 5) is 39.1. The van der Waals surface area contributed by atoms with Gasteiger partial charge in [-0.2, -0.15) is 5.10 Å². The molecule has 2 aromatic carbocycles. The summed E-state index contributed by atoms with van der Waals surface area (Å²) in [7, 11) is 0. The van der Waals surface area contributed by atoms with E-state index in [2.05, 4.69) is 15.5 Å². The molecule has 0 aliphatic rings. The number of aromatic hydroxyl groups is 2. The molecule has 0 bridgehead atoms. The van der Waals surface area contributed by atoms with E-state index in [-0.39, 0.29) is 34.7 Å². The van der Waals surface area contributed by atoms with Crippen LogP contribution < -0.4 is 16.7 Å². The quantitative estimate of drug-likeness (QED) is 0.364. The average molecular weight is 429 g/mol. The lowest BCUT2D eigenvalue weighted by molar-refractivity contribution is 0.0952. The highest BCUT2D eigenvalue weighted by Crippen LogP contribution is 2.20. The first-order chi connectivity index (χ1) is 14.3. The number of H-pyrrole nitrogens is 1. The Kier molecular flexibility index (Phi) is 6.03. The van der Waals surface area contributed by atoms with Crippen molar-refractivity contribution in [1.82, 2.24) is 15.0 Å². The number of halogens is 1. The summed E-state index contributed by atoms with van der Waals surface area (Å²) in [6.07, 6.45) is 0.149. The van der Waals surface area contributed by atoms with Crippen LogP contribution in [-0.4, -0.2) is 31.4 Å². The van der Waals surface area contributed by atoms with E-state index in [0.717, 1.165) is 4.57 Å². The maximum Gasteiger partial charge on any atom is 0.335 e. The molecule has 0 saturated heterocycles. The predicted octanol–water partition coefficient (Wildman–Crippen LogP) is 2.13. The van der Waals surface area contributed by atoms with E-state index < -0.39 is 23.0 Å². The van der Waals surface area contributed by atoms with Crippen LogP contribution in [0.3, 0.4) is 0 Å². The van der Waals surface area contributed by atoms with Crippen molar-refractivity contribution >= 4 is 23.2 Å². The summed E-state index contributed by atoms with van der Waals surface area (Å²) >= 11 is 5.86. The molecule has 0 spiro atoms. The first kappa shape index (κ1) is 20.9. The molecule has 0 radical (unpaired) electrons. The van der Waals surface area contributed by atoms with E-state index in [1.807, 2.05) is 0 Å². The molecule has 0 aliphatic heterocycles. The van der Waals surface area contributed by atoms with Gasteiger partial charge in [-0.25, -0.2) is 14.8 Å². The summed E-state index contributed by atoms with van der Waals surface area (Å²) in [5, 5.41) is 24.8. The van der Waals surface area contributed by atoms with Crippen molar-refractivity contribution in [1.29, 1.82) is 0 Å². The van der Waals surface area contributed by atoms with Crippen LogP contribution in [0.4, 0.5) is 0 Å². The largest absolute Gasteiger partial charge is 0.507 e. The Bertz CT molecular complexity index is 1250. The van der Waals surface area contributed by atoms with Crippen LogP contribution in [0.1, 0.15) is 29.3 Å². The maximum atomic E-state index is 12.4. The summed E-state index contributed by atoms with van der Waals surface area (Å²) < 4.78 is 0.892. The Labute approximate surface area is 174 Å². The molecule has 0 aliphatic carbocycles. The maximum absolute atomic E-state index is 12.4. The van der Waals surface area contributed by atoms with Crippen LogP contribution in [0.25, 0.3) is 5.69 Å². The number of phenolic OH excluding ortho intramolecular Hbond substituents is 1. The standard InChI is InChI=1S/C20H17ClN4O5/c1-2-14(23-24-17(27)13-5-3-4-6-15(13)26)16-18(28)22-20(30)25(19(16)29)12-9-7-11(21)8-10-12/h3-10,26,29H,2H2,1H3,(H,24,27)(H,22,28,30). The minimum Gasteiger partial charge on any atom is -0.507 e. The fourth-order valence-electron chi connectivity index (χ4n) is 2.77. The Morgan fingerprint density at radius 2 is 1.80 bits per heavy atom. The first-order valence-corrected chi connectivity index (χ1v) is 9.20. The molecular weight excluding hydrogens is 412 g/mol. The van der Waals surface area contributed by atoms with E-state index in [9.17, 15) is 24.6 Å². The van der Waals surface area contributed by atoms with Gasteiger partial charge in [-0.15, -0.1) is 0 Å². The van der Waals surface area contributed by atoms with E-state index in [1.165, 1.54) is 36.4 Å². The summed E-state index contributed by atoms with van der Waals surface area (Å²) in [6, 6.07) is 11.9. The molecule has 1 aromatic heterocycles. The van der Waals surface area contributed by atoms with Crippen LogP contribution in [0, 0.1) is 0 Å². The highest BCUT2D eigenvalue weighted by molar-refractivity contribution is 6.30. The highest BCUT2D eigenvalue weighted by Gasteiger charge is 2.20. The lowest BCUT2D eigenvalue weighted by Crippen LogP contribution is -2.34. The van der Waals surface area contributed by atoms with Gasteiger partial charge in [0, 0.05) is 5.02 Å². The van der Waals surface area contributed by atoms with Gasteiger partial charge >= 0.3 is 5.69 Å². The molecule has 9 nitrogen and oxygen atoms in total. The molecule has 3 aromatic rings. The third-order valence-electron chi connectivity index (χ3n) is 4.24. The number of hydrogen-bond donors (Lipinski definition) is 4. The van der Waals surface area contributed by atoms with Crippen LogP contribution in [0.5, 0.6) is 11.6 Å². The topological polar surface area (TPSA) is 137 Å². The lowest BCUT2D eigenvalue weighted by atomic mass is 10.1. The number of hydrogen-bond acceptors (Lipinski definition) is 6. The minimum absolute atomic E-state index is 0.0130. The summed E-state index contributed by atoms with van der Waals surface area (Å²) in [5.74, 6) is -1.58. The number of carbonyl (C=O) groups excluding carboxylic acids is 1. The van der Waals surface area contributed by atoms with E-state index in [0.29, 0.717) is 5.02 Å². The number of phenols is 1. The van der Waals surface area contributed by atoms with Gasteiger partial charge in [-0.3, -0.25) is 14.6 Å². The zero-order valence-corrected chi connectivity index (χ0v) is 16.5. The monoisotopic (exact) mass is 428 g/mol. The zero-order valence-electron chi connectivity index (χ0n) is 15.7. The average Bonchev–Trinajstić information content (AvgIpc) is 2.71. The number of benzene rings is 2. The number of rotatable bonds is 5. The van der Waals surface area contributed by atoms with Gasteiger partial charge in [0.2, 0.25) is 5.88 Å². The molecule has 1 amide bonds. The van der Waals surface area contributed by atoms with Crippen LogP contribution in [-0.2, 0) is 0 Å². The van der Waals surface area contributed by atoms with Crippen molar-refractivity contribution in [3.8, 4) is 17.3 Å². The molecule has 0 saturated carbocycles. The van der Waals surface area contributed by atoms with Crippen LogP contribution >= 0.6 is 11.6 Å². The van der Waals surface area contributed by atoms with Gasteiger partial charge in [0.15, 0.2) is 0 Å². The van der Waals surface area contributed by atoms with E-state index in [4.69, 9.17) is 11.6 Å². The molecule has 30 heavy (non-hydrogen) atoms. The third kappa shape index (κ3) is 4.11. The molecule has 154 valence electrons. The molecular formula is C20H17ClN4O5. The number of para-hydroxylation sites is 1. The van der Waals surface area contributed by atoms with Gasteiger partial charge in [-0.1, -0.05) is 30.7 Å². The van der Waals surface area contributed by atoms with Crippen molar-refractivity contribution in [2.45, 2.75) is 13.3 Å². The molecule has 0 atom stereocenters. The minimum atomic E-state index is -0.861. The summed E-state index contributed by atoms with van der Waals surface area (Å²) in [6.45, 7) is 1.65. The number of nitrogens with zero attached hydrogens (tertiary/aromatic N) is 2. The SMILES string of the molecule is CCC(=NNC(=O)c1ccccc1O)c1c(O)n(-c2ccc(Cl)cc2)c(=O)[nH]c1=O. The van der Waals surface area contributed by atoms with Crippen molar-refractivity contribution in [2.24, 2.45) is 5.10 Å². The lowest BCUT2D eigenvalue weighted by Gasteiger charge is -2.12. The number of aromatic nitrogens is 2. The highest BCUT2D eigenvalue weighted by atomic mass is 35.5. The number of aromatic amines is 1. The Morgan fingerprint density at radius 3 is 2.43 bits per heavy atom. The molecule has 1 heterocycles. The van der Waals surface area contributed by atoms with Crippen molar-refractivity contribution in [3.05, 3.63) is 85.5 Å². The predicted molar refractivity (Wildman–Crippen MR) is 112 cm³/mol. The van der Waals surface area contributed by atoms with Crippen LogP contribution in [0.15, 0.2) is 63.2 Å². The third-order valence-corrected chi connectivity index (χ3v) is 4.49. The second-order valence-electron chi connectivity index (χ2n) is 6.14. The molecule has 10 heteroatoms. The fraction of sp³-hybridized carbons (Fsp3) is 0.100. The second-order valence-corrected chi connectivity index (χ2v) is 6.58. The second kappa shape index (κ2) is 8.66. The fourth-order valence-corrected chi connectivity index (χ4v) is 2.90. The van der Waals surface area contributed by atoms with Gasteiger partial charge < -0.3 is 10.2 Å². The van der Waals surface area contributed by atoms with Gasteiger partial charge in [0.1, 0.15) is 11.3 Å². The van der Waals surface area contributed by atoms with E-state index in [1.54, 1.807) is 19.1 Å². The van der Waals surface area contributed by atoms with Crippen molar-refractivity contribution in [2.75, 3.05) is 0 Å². The Balaban J connectivity index is 2.05. The van der Waals surface area contributed by atoms with Crippen LogP contribution in [0.2, 0.25) is 5.02 Å². The number of nitrogens with one attached hydrogen (secondary N) is 2. The van der Waals surface area contributed by atoms with Gasteiger partial charge in [0.05, 0.1) is 17.0 Å². The molecule has 3 rings (SSSR count). The normalized spacial score (nSPS) is 11.3. The Morgan fingerprint density at radius 1 is 1.13 bits per heavy atom. The summed E-state index contributed by atoms with van der Waals surface area (Å²) in [5.41, 5.74) is 0.547. The smallest absolute Gasteiger partial charge is 0.335 e. The van der Waals surface area contributed by atoms with Gasteiger partial charge in [0.25, 0.3) is 11.5 Å². The Hall–Kier alpha value is -3.85. The van der Waals surface area contributed by atoms with E-state index >= 15 is 0 Å². The molecule has 0 unspecified atom stereocenters.